The van der Waals surface area contributed by atoms with Gasteiger partial charge in [-0.25, -0.2) is 0 Å². The summed E-state index contributed by atoms with van der Waals surface area (Å²) in [4.78, 5) is 24.2. The van der Waals surface area contributed by atoms with Crippen LogP contribution in [0.2, 0.25) is 10.0 Å². The molecule has 0 aliphatic rings. The van der Waals surface area contributed by atoms with E-state index in [4.69, 9.17) is 23.2 Å². The van der Waals surface area contributed by atoms with E-state index in [-0.39, 0.29) is 11.4 Å². The van der Waals surface area contributed by atoms with Gasteiger partial charge >= 0.3 is 0 Å². The summed E-state index contributed by atoms with van der Waals surface area (Å²) >= 11 is 12.2. The summed E-state index contributed by atoms with van der Waals surface area (Å²) in [6.07, 6.45) is 3.09. The standard InChI is InChI=1S/C20H19Cl2NO2/c1-14(24)16(13-17-18(21)10-5-11-19(17)22)20(25)23-12-6-9-15-7-3-2-4-8-15/h2-5,7-8,10-11,13H,6,9,12H2,1H3,(H,23,25). The molecular formula is C20H19Cl2NO2. The number of hydrogen-bond acceptors (Lipinski definition) is 2. The first-order valence-electron chi connectivity index (χ1n) is 7.98. The molecule has 2 aromatic rings. The maximum absolute atomic E-state index is 12.3. The van der Waals surface area contributed by atoms with Gasteiger partial charge in [0.1, 0.15) is 0 Å². The second kappa shape index (κ2) is 9.40. The quantitative estimate of drug-likeness (QED) is 0.329. The lowest BCUT2D eigenvalue weighted by Crippen LogP contribution is -2.28. The summed E-state index contributed by atoms with van der Waals surface area (Å²) in [6.45, 7) is 1.83. The smallest absolute Gasteiger partial charge is 0.254 e. The van der Waals surface area contributed by atoms with Crippen molar-refractivity contribution in [3.8, 4) is 0 Å². The highest BCUT2D eigenvalue weighted by Crippen LogP contribution is 2.26. The predicted octanol–water partition coefficient (Wildman–Crippen LogP) is 4.71. The van der Waals surface area contributed by atoms with Crippen molar-refractivity contribution in [2.75, 3.05) is 6.54 Å². The zero-order valence-electron chi connectivity index (χ0n) is 13.9. The molecule has 1 N–H and O–H groups in total. The number of amides is 1. The van der Waals surface area contributed by atoms with Gasteiger partial charge < -0.3 is 5.32 Å². The van der Waals surface area contributed by atoms with Crippen molar-refractivity contribution in [3.05, 3.63) is 75.3 Å². The van der Waals surface area contributed by atoms with Crippen LogP contribution in [-0.2, 0) is 16.0 Å². The molecule has 0 aliphatic carbocycles. The third kappa shape index (κ3) is 5.73. The number of aryl methyl sites for hydroxylation is 1. The van der Waals surface area contributed by atoms with Crippen LogP contribution in [0.15, 0.2) is 54.1 Å². The molecule has 0 aromatic heterocycles. The fraction of sp³-hybridized carbons (Fsp3) is 0.200. The van der Waals surface area contributed by atoms with Gasteiger partial charge in [0, 0.05) is 22.2 Å². The van der Waals surface area contributed by atoms with Gasteiger partial charge in [0.2, 0.25) is 0 Å². The normalized spacial score (nSPS) is 11.2. The molecule has 0 saturated carbocycles. The lowest BCUT2D eigenvalue weighted by atomic mass is 10.1. The summed E-state index contributed by atoms with van der Waals surface area (Å²) in [5.41, 5.74) is 1.71. The molecule has 0 radical (unpaired) electrons. The van der Waals surface area contributed by atoms with Crippen molar-refractivity contribution in [3.63, 3.8) is 0 Å². The lowest BCUT2D eigenvalue weighted by Gasteiger charge is -2.08. The van der Waals surface area contributed by atoms with Gasteiger partial charge in [0.25, 0.3) is 5.91 Å². The molecular weight excluding hydrogens is 357 g/mol. The Morgan fingerprint density at radius 3 is 2.24 bits per heavy atom. The van der Waals surface area contributed by atoms with Crippen molar-refractivity contribution < 1.29 is 9.59 Å². The molecule has 5 heteroatoms. The van der Waals surface area contributed by atoms with Gasteiger partial charge in [-0.1, -0.05) is 59.6 Å². The van der Waals surface area contributed by atoms with Gasteiger partial charge in [-0.2, -0.15) is 0 Å². The van der Waals surface area contributed by atoms with Gasteiger partial charge in [-0.05, 0) is 43.5 Å². The molecule has 0 fully saturated rings. The summed E-state index contributed by atoms with van der Waals surface area (Å²) in [6, 6.07) is 15.1. The van der Waals surface area contributed by atoms with Gasteiger partial charge in [-0.3, -0.25) is 9.59 Å². The molecule has 0 unspecified atom stereocenters. The van der Waals surface area contributed by atoms with Crippen LogP contribution in [0.25, 0.3) is 6.08 Å². The first-order valence-corrected chi connectivity index (χ1v) is 8.73. The minimum Gasteiger partial charge on any atom is -0.352 e. The summed E-state index contributed by atoms with van der Waals surface area (Å²) in [5.74, 6) is -0.756. The zero-order chi connectivity index (χ0) is 18.2. The number of nitrogens with one attached hydrogen (secondary N) is 1. The van der Waals surface area contributed by atoms with E-state index in [9.17, 15) is 9.59 Å². The number of rotatable bonds is 7. The van der Waals surface area contributed by atoms with Crippen LogP contribution in [0.5, 0.6) is 0 Å². The average molecular weight is 376 g/mol. The molecule has 2 aromatic carbocycles. The summed E-state index contributed by atoms with van der Waals surface area (Å²) < 4.78 is 0. The molecule has 3 nitrogen and oxygen atoms in total. The number of ketones is 1. The van der Waals surface area contributed by atoms with Crippen LogP contribution in [-0.4, -0.2) is 18.2 Å². The number of carbonyl (C=O) groups excluding carboxylic acids is 2. The van der Waals surface area contributed by atoms with Gasteiger partial charge in [0.05, 0.1) is 5.57 Å². The third-order valence-corrected chi connectivity index (χ3v) is 4.34. The molecule has 0 atom stereocenters. The topological polar surface area (TPSA) is 46.2 Å². The highest BCUT2D eigenvalue weighted by Gasteiger charge is 2.15. The van der Waals surface area contributed by atoms with Crippen LogP contribution < -0.4 is 5.32 Å². The number of carbonyl (C=O) groups is 2. The SMILES string of the molecule is CC(=O)C(=Cc1c(Cl)cccc1Cl)C(=O)NCCCc1ccccc1. The lowest BCUT2D eigenvalue weighted by molar-refractivity contribution is -0.121. The van der Waals surface area contributed by atoms with E-state index in [0.717, 1.165) is 12.8 Å². The number of benzene rings is 2. The molecule has 0 aliphatic heterocycles. The molecule has 0 heterocycles. The Balaban J connectivity index is 2.01. The van der Waals surface area contributed by atoms with Crippen LogP contribution in [0.1, 0.15) is 24.5 Å². The van der Waals surface area contributed by atoms with E-state index in [2.05, 4.69) is 5.32 Å². The monoisotopic (exact) mass is 375 g/mol. The van der Waals surface area contributed by atoms with Crippen molar-refractivity contribution in [2.45, 2.75) is 19.8 Å². The number of hydrogen-bond donors (Lipinski definition) is 1. The van der Waals surface area contributed by atoms with Crippen molar-refractivity contribution in [2.24, 2.45) is 0 Å². The number of halogens is 2. The number of Topliss-reactive ketones (excluding diaryl/α,β-unsaturated/α-hetero) is 1. The van der Waals surface area contributed by atoms with E-state index in [1.54, 1.807) is 18.2 Å². The predicted molar refractivity (Wildman–Crippen MR) is 103 cm³/mol. The molecule has 130 valence electrons. The maximum Gasteiger partial charge on any atom is 0.254 e. The van der Waals surface area contributed by atoms with Crippen molar-refractivity contribution in [1.29, 1.82) is 0 Å². The highest BCUT2D eigenvalue weighted by atomic mass is 35.5. The van der Waals surface area contributed by atoms with Gasteiger partial charge in [0.15, 0.2) is 5.78 Å². The second-order valence-corrected chi connectivity index (χ2v) is 6.41. The Bertz CT molecular complexity index is 765. The van der Waals surface area contributed by atoms with Crippen LogP contribution in [0.4, 0.5) is 0 Å². The molecule has 0 bridgehead atoms. The van der Waals surface area contributed by atoms with Gasteiger partial charge in [-0.15, -0.1) is 0 Å². The Hall–Kier alpha value is -2.10. The first kappa shape index (κ1) is 19.2. The van der Waals surface area contributed by atoms with E-state index in [1.807, 2.05) is 30.3 Å². The minimum absolute atomic E-state index is 0.0368. The van der Waals surface area contributed by atoms with Crippen molar-refractivity contribution >= 4 is 41.0 Å². The van der Waals surface area contributed by atoms with E-state index in [0.29, 0.717) is 22.2 Å². The van der Waals surface area contributed by atoms with E-state index >= 15 is 0 Å². The Morgan fingerprint density at radius 1 is 1.00 bits per heavy atom. The summed E-state index contributed by atoms with van der Waals surface area (Å²) in [5, 5.41) is 3.56. The van der Waals surface area contributed by atoms with Crippen LogP contribution in [0, 0.1) is 0 Å². The largest absolute Gasteiger partial charge is 0.352 e. The van der Waals surface area contributed by atoms with E-state index in [1.165, 1.54) is 18.6 Å². The highest BCUT2D eigenvalue weighted by molar-refractivity contribution is 6.37. The second-order valence-electron chi connectivity index (χ2n) is 5.59. The zero-order valence-corrected chi connectivity index (χ0v) is 15.4. The summed E-state index contributed by atoms with van der Waals surface area (Å²) in [7, 11) is 0. The van der Waals surface area contributed by atoms with Crippen molar-refractivity contribution in [1.82, 2.24) is 5.32 Å². The Labute approximate surface area is 157 Å². The fourth-order valence-corrected chi connectivity index (χ4v) is 2.86. The molecule has 0 saturated heterocycles. The molecule has 0 spiro atoms. The Kier molecular flexibility index (Phi) is 7.23. The van der Waals surface area contributed by atoms with E-state index < -0.39 is 5.91 Å². The molecule has 25 heavy (non-hydrogen) atoms. The van der Waals surface area contributed by atoms with Crippen LogP contribution in [0.3, 0.4) is 0 Å². The van der Waals surface area contributed by atoms with Crippen LogP contribution >= 0.6 is 23.2 Å². The maximum atomic E-state index is 12.3. The molecule has 1 amide bonds. The first-order chi connectivity index (χ1) is 12.0. The minimum atomic E-state index is -0.420. The molecule has 2 rings (SSSR count). The third-order valence-electron chi connectivity index (χ3n) is 3.68. The fourth-order valence-electron chi connectivity index (χ4n) is 2.35. The average Bonchev–Trinajstić information content (AvgIpc) is 2.59. The Morgan fingerprint density at radius 2 is 1.64 bits per heavy atom.